The normalized spacial score (nSPS) is 11.9. The number of benzene rings is 2. The van der Waals surface area contributed by atoms with E-state index in [4.69, 9.17) is 9.47 Å². The van der Waals surface area contributed by atoms with Crippen molar-refractivity contribution in [3.63, 3.8) is 0 Å². The smallest absolute Gasteiger partial charge is 0.251 e. The van der Waals surface area contributed by atoms with Crippen molar-refractivity contribution in [3.05, 3.63) is 77.7 Å². The molecule has 7 heteroatoms. The third kappa shape index (κ3) is 4.20. The van der Waals surface area contributed by atoms with Gasteiger partial charge in [-0.3, -0.25) is 4.79 Å². The highest BCUT2D eigenvalue weighted by molar-refractivity contribution is 5.94. The molecule has 3 aromatic rings. The molecule has 6 nitrogen and oxygen atoms in total. The maximum Gasteiger partial charge on any atom is 0.251 e. The molecule has 0 bridgehead atoms. The summed E-state index contributed by atoms with van der Waals surface area (Å²) in [5, 5.41) is 6.02. The molecule has 0 saturated carbocycles. The summed E-state index contributed by atoms with van der Waals surface area (Å²) in [7, 11) is 0. The van der Waals surface area contributed by atoms with Crippen LogP contribution in [0, 0.1) is 5.82 Å². The molecule has 2 aromatic carbocycles. The summed E-state index contributed by atoms with van der Waals surface area (Å²) >= 11 is 0. The van der Waals surface area contributed by atoms with Crippen LogP contribution >= 0.6 is 0 Å². The molecule has 0 spiro atoms. The van der Waals surface area contributed by atoms with Crippen LogP contribution in [0.25, 0.3) is 0 Å². The molecular formula is C21H18FN3O3. The molecule has 1 aromatic heterocycles. The standard InChI is InChI=1S/C21H18FN3O3/c22-16-3-1-14(2-4-16)7-9-24-21(26)15-8-10-23-20(11-15)25-17-5-6-18-19(12-17)28-13-27-18/h1-6,8,10-12H,7,9,13H2,(H,23,25)(H,24,26). The molecule has 2 heterocycles. The van der Waals surface area contributed by atoms with Gasteiger partial charge in [0.05, 0.1) is 0 Å². The van der Waals surface area contributed by atoms with Crippen LogP contribution in [0.5, 0.6) is 11.5 Å². The Balaban J connectivity index is 1.36. The monoisotopic (exact) mass is 379 g/mol. The average molecular weight is 379 g/mol. The van der Waals surface area contributed by atoms with Crippen LogP contribution in [0.3, 0.4) is 0 Å². The Kier molecular flexibility index (Phi) is 5.05. The number of carbonyl (C=O) groups is 1. The van der Waals surface area contributed by atoms with Crippen molar-refractivity contribution < 1.29 is 18.7 Å². The van der Waals surface area contributed by atoms with Gasteiger partial charge in [0, 0.05) is 30.1 Å². The van der Waals surface area contributed by atoms with E-state index in [2.05, 4.69) is 15.6 Å². The minimum Gasteiger partial charge on any atom is -0.454 e. The number of nitrogens with zero attached hydrogens (tertiary/aromatic N) is 1. The fraction of sp³-hybridized carbons (Fsp3) is 0.143. The predicted octanol–water partition coefficient (Wildman–Crippen LogP) is 3.67. The second-order valence-electron chi connectivity index (χ2n) is 6.26. The summed E-state index contributed by atoms with van der Waals surface area (Å²) in [6.07, 6.45) is 2.20. The Morgan fingerprint density at radius 1 is 1.04 bits per heavy atom. The van der Waals surface area contributed by atoms with Crippen molar-refractivity contribution in [2.24, 2.45) is 0 Å². The molecule has 0 aliphatic carbocycles. The number of nitrogens with one attached hydrogen (secondary N) is 2. The van der Waals surface area contributed by atoms with Crippen molar-refractivity contribution in [3.8, 4) is 11.5 Å². The quantitative estimate of drug-likeness (QED) is 0.684. The number of hydrogen-bond donors (Lipinski definition) is 2. The van der Waals surface area contributed by atoms with Crippen molar-refractivity contribution in [2.75, 3.05) is 18.7 Å². The Morgan fingerprint density at radius 3 is 2.71 bits per heavy atom. The number of rotatable bonds is 6. The van der Waals surface area contributed by atoms with Gasteiger partial charge in [-0.15, -0.1) is 0 Å². The van der Waals surface area contributed by atoms with Gasteiger partial charge in [-0.05, 0) is 48.4 Å². The molecule has 4 rings (SSSR count). The number of ether oxygens (including phenoxy) is 2. The first kappa shape index (κ1) is 17.8. The predicted molar refractivity (Wildman–Crippen MR) is 103 cm³/mol. The highest BCUT2D eigenvalue weighted by Gasteiger charge is 2.13. The number of aromatic nitrogens is 1. The Morgan fingerprint density at radius 2 is 1.86 bits per heavy atom. The second kappa shape index (κ2) is 7.96. The van der Waals surface area contributed by atoms with Gasteiger partial charge < -0.3 is 20.1 Å². The van der Waals surface area contributed by atoms with E-state index in [9.17, 15) is 9.18 Å². The molecule has 28 heavy (non-hydrogen) atoms. The summed E-state index contributed by atoms with van der Waals surface area (Å²) < 4.78 is 23.6. The average Bonchev–Trinajstić information content (AvgIpc) is 3.17. The van der Waals surface area contributed by atoms with Crippen molar-refractivity contribution in [1.82, 2.24) is 10.3 Å². The van der Waals surface area contributed by atoms with Gasteiger partial charge in [-0.2, -0.15) is 0 Å². The van der Waals surface area contributed by atoms with Gasteiger partial charge in [0.15, 0.2) is 11.5 Å². The molecule has 0 radical (unpaired) electrons. The summed E-state index contributed by atoms with van der Waals surface area (Å²) in [5.41, 5.74) is 2.24. The zero-order valence-corrected chi connectivity index (χ0v) is 14.9. The Hall–Kier alpha value is -3.61. The number of halogens is 1. The lowest BCUT2D eigenvalue weighted by atomic mass is 10.1. The molecule has 0 unspecified atom stereocenters. The van der Waals surface area contributed by atoms with E-state index >= 15 is 0 Å². The Labute approximate surface area is 161 Å². The maximum absolute atomic E-state index is 12.9. The van der Waals surface area contributed by atoms with E-state index < -0.39 is 0 Å². The summed E-state index contributed by atoms with van der Waals surface area (Å²) in [6, 6.07) is 15.1. The first-order valence-electron chi connectivity index (χ1n) is 8.83. The molecule has 2 N–H and O–H groups in total. The van der Waals surface area contributed by atoms with Crippen molar-refractivity contribution in [2.45, 2.75) is 6.42 Å². The van der Waals surface area contributed by atoms with Crippen LogP contribution in [-0.2, 0) is 6.42 Å². The van der Waals surface area contributed by atoms with Crippen molar-refractivity contribution in [1.29, 1.82) is 0 Å². The van der Waals surface area contributed by atoms with E-state index in [0.717, 1.165) is 11.3 Å². The summed E-state index contributed by atoms with van der Waals surface area (Å²) in [6.45, 7) is 0.669. The van der Waals surface area contributed by atoms with E-state index in [-0.39, 0.29) is 18.5 Å². The molecular weight excluding hydrogens is 361 g/mol. The number of hydrogen-bond acceptors (Lipinski definition) is 5. The largest absolute Gasteiger partial charge is 0.454 e. The molecule has 0 fully saturated rings. The fourth-order valence-electron chi connectivity index (χ4n) is 2.84. The third-order valence-corrected chi connectivity index (χ3v) is 4.28. The van der Waals surface area contributed by atoms with Gasteiger partial charge >= 0.3 is 0 Å². The minimum absolute atomic E-state index is 0.196. The van der Waals surface area contributed by atoms with Gasteiger partial charge in [0.1, 0.15) is 11.6 Å². The van der Waals surface area contributed by atoms with E-state index in [1.165, 1.54) is 12.1 Å². The topological polar surface area (TPSA) is 72.5 Å². The Bertz CT molecular complexity index is 992. The van der Waals surface area contributed by atoms with E-state index in [1.807, 2.05) is 18.2 Å². The molecule has 1 aliphatic heterocycles. The molecule has 142 valence electrons. The minimum atomic E-state index is -0.271. The number of fused-ring (bicyclic) bond motifs is 1. The highest BCUT2D eigenvalue weighted by Crippen LogP contribution is 2.34. The summed E-state index contributed by atoms with van der Waals surface area (Å²) in [4.78, 5) is 16.6. The second-order valence-corrected chi connectivity index (χ2v) is 6.26. The van der Waals surface area contributed by atoms with Gasteiger partial charge in [0.25, 0.3) is 5.91 Å². The first-order valence-corrected chi connectivity index (χ1v) is 8.83. The highest BCUT2D eigenvalue weighted by atomic mass is 19.1. The van der Waals surface area contributed by atoms with Gasteiger partial charge in [0.2, 0.25) is 6.79 Å². The molecule has 0 saturated heterocycles. The lowest BCUT2D eigenvalue weighted by Crippen LogP contribution is -2.25. The van der Waals surface area contributed by atoms with Crippen LogP contribution in [-0.4, -0.2) is 24.2 Å². The first-order chi connectivity index (χ1) is 13.7. The number of carbonyl (C=O) groups excluding carboxylic acids is 1. The molecule has 1 aliphatic rings. The zero-order chi connectivity index (χ0) is 19.3. The SMILES string of the molecule is O=C(NCCc1ccc(F)cc1)c1ccnc(Nc2ccc3c(c2)OCO3)c1. The van der Waals surface area contributed by atoms with Gasteiger partial charge in [-0.1, -0.05) is 12.1 Å². The van der Waals surface area contributed by atoms with E-state index in [1.54, 1.807) is 30.5 Å². The summed E-state index contributed by atoms with van der Waals surface area (Å²) in [5.74, 6) is 1.45. The van der Waals surface area contributed by atoms with Crippen LogP contribution in [0.15, 0.2) is 60.8 Å². The number of amides is 1. The van der Waals surface area contributed by atoms with Crippen LogP contribution in [0.1, 0.15) is 15.9 Å². The van der Waals surface area contributed by atoms with E-state index in [0.29, 0.717) is 35.8 Å². The lowest BCUT2D eigenvalue weighted by molar-refractivity contribution is 0.0954. The number of anilines is 2. The molecule has 0 atom stereocenters. The van der Waals surface area contributed by atoms with Gasteiger partial charge in [-0.25, -0.2) is 9.37 Å². The maximum atomic E-state index is 12.9. The zero-order valence-electron chi connectivity index (χ0n) is 14.9. The molecule has 1 amide bonds. The van der Waals surface area contributed by atoms with Crippen LogP contribution < -0.4 is 20.1 Å². The van der Waals surface area contributed by atoms with Crippen LogP contribution in [0.2, 0.25) is 0 Å². The van der Waals surface area contributed by atoms with Crippen molar-refractivity contribution >= 4 is 17.4 Å². The lowest BCUT2D eigenvalue weighted by Gasteiger charge is -2.09. The van der Waals surface area contributed by atoms with Crippen LogP contribution in [0.4, 0.5) is 15.9 Å². The number of pyridine rings is 1. The fourth-order valence-corrected chi connectivity index (χ4v) is 2.84. The third-order valence-electron chi connectivity index (χ3n) is 4.28.